The Hall–Kier alpha value is -1.26. The fourth-order valence-electron chi connectivity index (χ4n) is 1.78. The molecule has 0 aliphatic carbocycles. The number of benzene rings is 1. The molecule has 0 bridgehead atoms. The van der Waals surface area contributed by atoms with E-state index >= 15 is 0 Å². The number of ether oxygens (including phenoxy) is 2. The standard InChI is InChI=1S/C13H22N2O2/c1-9(8-14)6-12(15)11-5-4-10(16-2)7-13(11)17-3/h4-5,7,9,12H,6,8,14-15H2,1-3H3. The Balaban J connectivity index is 2.88. The van der Waals surface area contributed by atoms with Gasteiger partial charge in [-0.25, -0.2) is 0 Å². The van der Waals surface area contributed by atoms with E-state index in [1.165, 1.54) is 0 Å². The molecule has 0 spiro atoms. The highest BCUT2D eigenvalue weighted by molar-refractivity contribution is 5.42. The molecule has 4 nitrogen and oxygen atoms in total. The Morgan fingerprint density at radius 3 is 2.47 bits per heavy atom. The molecule has 2 unspecified atom stereocenters. The molecule has 0 aliphatic heterocycles. The molecule has 0 aliphatic rings. The summed E-state index contributed by atoms with van der Waals surface area (Å²) in [6.07, 6.45) is 0.846. The van der Waals surface area contributed by atoms with Crippen LogP contribution in [0.5, 0.6) is 11.5 Å². The van der Waals surface area contributed by atoms with E-state index in [0.29, 0.717) is 12.5 Å². The van der Waals surface area contributed by atoms with Gasteiger partial charge in [-0.2, -0.15) is 0 Å². The lowest BCUT2D eigenvalue weighted by Gasteiger charge is -2.19. The van der Waals surface area contributed by atoms with Gasteiger partial charge >= 0.3 is 0 Å². The van der Waals surface area contributed by atoms with Gasteiger partial charge in [-0.15, -0.1) is 0 Å². The molecule has 0 heterocycles. The van der Waals surface area contributed by atoms with E-state index in [-0.39, 0.29) is 6.04 Å². The lowest BCUT2D eigenvalue weighted by atomic mass is 9.96. The number of nitrogens with two attached hydrogens (primary N) is 2. The normalized spacial score (nSPS) is 14.2. The molecular formula is C13H22N2O2. The minimum atomic E-state index is -0.0607. The molecule has 0 aromatic heterocycles. The van der Waals surface area contributed by atoms with Gasteiger partial charge in [-0.05, 0) is 24.9 Å². The number of rotatable bonds is 6. The molecule has 96 valence electrons. The number of hydrogen-bond acceptors (Lipinski definition) is 4. The highest BCUT2D eigenvalue weighted by atomic mass is 16.5. The summed E-state index contributed by atoms with van der Waals surface area (Å²) >= 11 is 0. The minimum Gasteiger partial charge on any atom is -0.497 e. The zero-order valence-corrected chi connectivity index (χ0v) is 10.8. The summed E-state index contributed by atoms with van der Waals surface area (Å²) in [4.78, 5) is 0. The maximum absolute atomic E-state index is 6.16. The van der Waals surface area contributed by atoms with Crippen LogP contribution >= 0.6 is 0 Å². The summed E-state index contributed by atoms with van der Waals surface area (Å²) < 4.78 is 10.5. The first-order chi connectivity index (χ1) is 8.12. The quantitative estimate of drug-likeness (QED) is 0.791. The average Bonchev–Trinajstić information content (AvgIpc) is 2.37. The molecule has 4 N–H and O–H groups in total. The van der Waals surface area contributed by atoms with Crippen LogP contribution in [0.1, 0.15) is 24.9 Å². The molecule has 4 heteroatoms. The summed E-state index contributed by atoms with van der Waals surface area (Å²) in [5, 5.41) is 0. The second kappa shape index (κ2) is 6.47. The Morgan fingerprint density at radius 2 is 1.94 bits per heavy atom. The molecule has 0 fully saturated rings. The Bertz CT molecular complexity index is 355. The molecule has 17 heavy (non-hydrogen) atoms. The number of methoxy groups -OCH3 is 2. The van der Waals surface area contributed by atoms with E-state index in [4.69, 9.17) is 20.9 Å². The van der Waals surface area contributed by atoms with Crippen molar-refractivity contribution in [3.63, 3.8) is 0 Å². The Labute approximate surface area is 103 Å². The van der Waals surface area contributed by atoms with E-state index in [1.54, 1.807) is 14.2 Å². The van der Waals surface area contributed by atoms with Crippen LogP contribution in [0.3, 0.4) is 0 Å². The fraction of sp³-hybridized carbons (Fsp3) is 0.538. The predicted octanol–water partition coefficient (Wildman–Crippen LogP) is 1.69. The van der Waals surface area contributed by atoms with Crippen LogP contribution in [-0.2, 0) is 0 Å². The van der Waals surface area contributed by atoms with E-state index in [0.717, 1.165) is 23.5 Å². The van der Waals surface area contributed by atoms with Gasteiger partial charge in [0.1, 0.15) is 11.5 Å². The molecular weight excluding hydrogens is 216 g/mol. The van der Waals surface area contributed by atoms with Gasteiger partial charge in [-0.1, -0.05) is 13.0 Å². The van der Waals surface area contributed by atoms with Crippen molar-refractivity contribution >= 4 is 0 Å². The molecule has 0 saturated carbocycles. The second-order valence-electron chi connectivity index (χ2n) is 4.29. The smallest absolute Gasteiger partial charge is 0.127 e. The van der Waals surface area contributed by atoms with Crippen LogP contribution in [0.25, 0.3) is 0 Å². The average molecular weight is 238 g/mol. The van der Waals surface area contributed by atoms with Crippen LogP contribution < -0.4 is 20.9 Å². The zero-order chi connectivity index (χ0) is 12.8. The molecule has 0 saturated heterocycles. The van der Waals surface area contributed by atoms with Crippen molar-refractivity contribution in [1.82, 2.24) is 0 Å². The topological polar surface area (TPSA) is 70.5 Å². The van der Waals surface area contributed by atoms with Crippen LogP contribution in [-0.4, -0.2) is 20.8 Å². The summed E-state index contributed by atoms with van der Waals surface area (Å²) in [5.74, 6) is 1.93. The van der Waals surface area contributed by atoms with Crippen molar-refractivity contribution in [3.05, 3.63) is 23.8 Å². The highest BCUT2D eigenvalue weighted by Crippen LogP contribution is 2.30. The monoisotopic (exact) mass is 238 g/mol. The first kappa shape index (κ1) is 13.8. The van der Waals surface area contributed by atoms with Gasteiger partial charge < -0.3 is 20.9 Å². The SMILES string of the molecule is COc1ccc(C(N)CC(C)CN)c(OC)c1. The van der Waals surface area contributed by atoms with Gasteiger partial charge in [-0.3, -0.25) is 0 Å². The van der Waals surface area contributed by atoms with Crippen LogP contribution in [0.2, 0.25) is 0 Å². The minimum absolute atomic E-state index is 0.0607. The van der Waals surface area contributed by atoms with Crippen LogP contribution in [0.4, 0.5) is 0 Å². The first-order valence-corrected chi connectivity index (χ1v) is 5.80. The Morgan fingerprint density at radius 1 is 1.24 bits per heavy atom. The van der Waals surface area contributed by atoms with Gasteiger partial charge in [0, 0.05) is 17.7 Å². The van der Waals surface area contributed by atoms with Gasteiger partial charge in [0.25, 0.3) is 0 Å². The summed E-state index contributed by atoms with van der Waals surface area (Å²) in [7, 11) is 3.27. The van der Waals surface area contributed by atoms with Crippen LogP contribution in [0.15, 0.2) is 18.2 Å². The third-order valence-corrected chi connectivity index (χ3v) is 2.90. The van der Waals surface area contributed by atoms with Crippen LogP contribution in [0, 0.1) is 5.92 Å². The predicted molar refractivity (Wildman–Crippen MR) is 69.3 cm³/mol. The maximum Gasteiger partial charge on any atom is 0.127 e. The van der Waals surface area contributed by atoms with Crippen molar-refractivity contribution in [1.29, 1.82) is 0 Å². The number of hydrogen-bond donors (Lipinski definition) is 2. The van der Waals surface area contributed by atoms with Crippen molar-refractivity contribution in [2.45, 2.75) is 19.4 Å². The molecule has 0 amide bonds. The largest absolute Gasteiger partial charge is 0.497 e. The fourth-order valence-corrected chi connectivity index (χ4v) is 1.78. The van der Waals surface area contributed by atoms with E-state index in [1.807, 2.05) is 18.2 Å². The van der Waals surface area contributed by atoms with Crippen molar-refractivity contribution in [2.24, 2.45) is 17.4 Å². The van der Waals surface area contributed by atoms with Gasteiger partial charge in [0.05, 0.1) is 14.2 Å². The van der Waals surface area contributed by atoms with Crippen molar-refractivity contribution < 1.29 is 9.47 Å². The van der Waals surface area contributed by atoms with E-state index in [9.17, 15) is 0 Å². The lowest BCUT2D eigenvalue weighted by Crippen LogP contribution is -2.19. The first-order valence-electron chi connectivity index (χ1n) is 5.80. The molecule has 1 aromatic carbocycles. The summed E-state index contributed by atoms with van der Waals surface area (Å²) in [5.41, 5.74) is 12.8. The molecule has 1 aromatic rings. The third kappa shape index (κ3) is 3.61. The van der Waals surface area contributed by atoms with E-state index in [2.05, 4.69) is 6.92 Å². The third-order valence-electron chi connectivity index (χ3n) is 2.90. The second-order valence-corrected chi connectivity index (χ2v) is 4.29. The highest BCUT2D eigenvalue weighted by Gasteiger charge is 2.15. The maximum atomic E-state index is 6.16. The Kier molecular flexibility index (Phi) is 5.25. The summed E-state index contributed by atoms with van der Waals surface area (Å²) in [6, 6.07) is 5.63. The summed E-state index contributed by atoms with van der Waals surface area (Å²) in [6.45, 7) is 2.74. The van der Waals surface area contributed by atoms with Gasteiger partial charge in [0.2, 0.25) is 0 Å². The van der Waals surface area contributed by atoms with E-state index < -0.39 is 0 Å². The van der Waals surface area contributed by atoms with Crippen molar-refractivity contribution in [3.8, 4) is 11.5 Å². The lowest BCUT2D eigenvalue weighted by molar-refractivity contribution is 0.383. The molecule has 0 radical (unpaired) electrons. The van der Waals surface area contributed by atoms with Crippen molar-refractivity contribution in [2.75, 3.05) is 20.8 Å². The molecule has 1 rings (SSSR count). The molecule has 2 atom stereocenters. The zero-order valence-electron chi connectivity index (χ0n) is 10.8. The van der Waals surface area contributed by atoms with Gasteiger partial charge in [0.15, 0.2) is 0 Å².